The van der Waals surface area contributed by atoms with Crippen molar-refractivity contribution in [2.24, 2.45) is 0 Å². The number of carbonyl (C=O) groups excluding carboxylic acids is 2. The molecule has 8 nitrogen and oxygen atoms in total. The van der Waals surface area contributed by atoms with Crippen molar-refractivity contribution < 1.29 is 18.0 Å². The van der Waals surface area contributed by atoms with E-state index in [1.165, 1.54) is 22.8 Å². The maximum Gasteiger partial charge on any atom is 0.267 e. The first-order chi connectivity index (χ1) is 15.4. The third-order valence-corrected chi connectivity index (χ3v) is 8.67. The van der Waals surface area contributed by atoms with Gasteiger partial charge in [0.2, 0.25) is 10.0 Å². The third kappa shape index (κ3) is 5.01. The maximum atomic E-state index is 13.0. The molecule has 0 saturated carbocycles. The molecule has 1 saturated heterocycles. The second-order valence-corrected chi connectivity index (χ2v) is 10.9. The molecule has 0 unspecified atom stereocenters. The van der Waals surface area contributed by atoms with Gasteiger partial charge in [0.25, 0.3) is 11.8 Å². The highest BCUT2D eigenvalue weighted by Gasteiger charge is 2.31. The van der Waals surface area contributed by atoms with Gasteiger partial charge in [-0.1, -0.05) is 6.07 Å². The molecule has 3 aromatic rings. The average molecular weight is 489 g/mol. The van der Waals surface area contributed by atoms with Crippen molar-refractivity contribution in [3.63, 3.8) is 0 Å². The number of hydrogen-bond acceptors (Lipinski definition) is 7. The lowest BCUT2D eigenvalue weighted by molar-refractivity contribution is 0.102. The minimum absolute atomic E-state index is 0.0223. The fourth-order valence-corrected chi connectivity index (χ4v) is 7.03. The molecule has 1 aliphatic rings. The number of carbonyl (C=O) groups is 2. The Morgan fingerprint density at radius 1 is 0.938 bits per heavy atom. The van der Waals surface area contributed by atoms with Crippen LogP contribution in [0.2, 0.25) is 0 Å². The first kappa shape index (κ1) is 22.5. The Bertz CT molecular complexity index is 1220. The Labute approximate surface area is 194 Å². The summed E-state index contributed by atoms with van der Waals surface area (Å²) >= 11 is 2.79. The molecule has 0 atom stereocenters. The van der Waals surface area contributed by atoms with E-state index in [1.807, 2.05) is 0 Å². The Hall–Kier alpha value is -2.73. The van der Waals surface area contributed by atoms with Gasteiger partial charge in [0.15, 0.2) is 0 Å². The van der Waals surface area contributed by atoms with Gasteiger partial charge in [0.05, 0.1) is 0 Å². The number of nitrogens with one attached hydrogen (secondary N) is 2. The standard InChI is InChI=1S/C21H20N4O4S3/c26-20(15-4-7-22-8-5-15)23-16-2-1-3-17(14-16)24-21(27)19-18(6-11-31-19)32(28,29)25-9-12-30-13-10-25/h1-8,11,14H,9-10,12-13H2,(H,23,26)(H,24,27). The highest BCUT2D eigenvalue weighted by atomic mass is 32.2. The van der Waals surface area contributed by atoms with Crippen LogP contribution in [0.5, 0.6) is 0 Å². The van der Waals surface area contributed by atoms with E-state index in [2.05, 4.69) is 15.6 Å². The summed E-state index contributed by atoms with van der Waals surface area (Å²) in [7, 11) is -3.73. The number of benzene rings is 1. The molecule has 166 valence electrons. The summed E-state index contributed by atoms with van der Waals surface area (Å²) in [6, 6.07) is 11.3. The van der Waals surface area contributed by atoms with Gasteiger partial charge >= 0.3 is 0 Å². The normalized spacial score (nSPS) is 14.6. The summed E-state index contributed by atoms with van der Waals surface area (Å²) < 4.78 is 27.5. The minimum atomic E-state index is -3.73. The number of sulfonamides is 1. The number of thioether (sulfide) groups is 1. The van der Waals surface area contributed by atoms with E-state index >= 15 is 0 Å². The topological polar surface area (TPSA) is 108 Å². The number of amides is 2. The summed E-state index contributed by atoms with van der Waals surface area (Å²) in [5.41, 5.74) is 1.39. The minimum Gasteiger partial charge on any atom is -0.322 e. The molecule has 1 aliphatic heterocycles. The molecule has 2 amide bonds. The second kappa shape index (κ2) is 9.82. The van der Waals surface area contributed by atoms with Crippen LogP contribution in [0.15, 0.2) is 65.1 Å². The molecule has 0 radical (unpaired) electrons. The summed E-state index contributed by atoms with van der Waals surface area (Å²) in [6.07, 6.45) is 3.06. The van der Waals surface area contributed by atoms with Crippen molar-refractivity contribution in [3.05, 3.63) is 70.7 Å². The number of pyridine rings is 1. The Morgan fingerprint density at radius 2 is 1.59 bits per heavy atom. The number of thiophene rings is 1. The Kier molecular flexibility index (Phi) is 6.89. The van der Waals surface area contributed by atoms with Gasteiger partial charge in [0, 0.05) is 53.9 Å². The van der Waals surface area contributed by atoms with E-state index < -0.39 is 15.9 Å². The fourth-order valence-electron chi connectivity index (χ4n) is 3.16. The van der Waals surface area contributed by atoms with Crippen molar-refractivity contribution >= 4 is 56.3 Å². The predicted octanol–water partition coefficient (Wildman–Crippen LogP) is 3.39. The van der Waals surface area contributed by atoms with E-state index in [9.17, 15) is 18.0 Å². The van der Waals surface area contributed by atoms with Crippen molar-refractivity contribution in [3.8, 4) is 0 Å². The third-order valence-electron chi connectivity index (χ3n) is 4.74. The lowest BCUT2D eigenvalue weighted by Crippen LogP contribution is -2.38. The van der Waals surface area contributed by atoms with Crippen molar-refractivity contribution in [2.45, 2.75) is 4.90 Å². The first-order valence-electron chi connectivity index (χ1n) is 9.73. The molecule has 1 fully saturated rings. The highest BCUT2D eigenvalue weighted by molar-refractivity contribution is 7.99. The van der Waals surface area contributed by atoms with Crippen LogP contribution >= 0.6 is 23.1 Å². The molecule has 32 heavy (non-hydrogen) atoms. The van der Waals surface area contributed by atoms with E-state index in [-0.39, 0.29) is 15.7 Å². The van der Waals surface area contributed by atoms with Gasteiger partial charge in [-0.05, 0) is 41.8 Å². The zero-order valence-electron chi connectivity index (χ0n) is 16.9. The quantitative estimate of drug-likeness (QED) is 0.551. The Balaban J connectivity index is 1.49. The zero-order chi connectivity index (χ0) is 22.6. The molecule has 0 spiro atoms. The van der Waals surface area contributed by atoms with E-state index in [4.69, 9.17) is 0 Å². The fraction of sp³-hybridized carbons (Fsp3) is 0.190. The van der Waals surface area contributed by atoms with E-state index in [0.29, 0.717) is 30.0 Å². The van der Waals surface area contributed by atoms with Crippen molar-refractivity contribution in [1.82, 2.24) is 9.29 Å². The predicted molar refractivity (Wildman–Crippen MR) is 127 cm³/mol. The molecule has 4 rings (SSSR count). The molecule has 2 N–H and O–H groups in total. The van der Waals surface area contributed by atoms with Crippen LogP contribution in [0.3, 0.4) is 0 Å². The lowest BCUT2D eigenvalue weighted by Gasteiger charge is -2.25. The van der Waals surface area contributed by atoms with E-state index in [0.717, 1.165) is 22.8 Å². The highest BCUT2D eigenvalue weighted by Crippen LogP contribution is 2.28. The number of aromatic nitrogens is 1. The van der Waals surface area contributed by atoms with Crippen LogP contribution in [-0.4, -0.2) is 54.1 Å². The SMILES string of the molecule is O=C(Nc1cccc(NC(=O)c2sccc2S(=O)(=O)N2CCSCC2)c1)c1ccncc1. The molecule has 2 aromatic heterocycles. The van der Waals surface area contributed by atoms with Crippen LogP contribution in [0, 0.1) is 0 Å². The smallest absolute Gasteiger partial charge is 0.267 e. The van der Waals surface area contributed by atoms with Gasteiger partial charge in [-0.3, -0.25) is 14.6 Å². The van der Waals surface area contributed by atoms with Gasteiger partial charge in [-0.15, -0.1) is 11.3 Å². The summed E-state index contributed by atoms with van der Waals surface area (Å²) in [4.78, 5) is 29.3. The van der Waals surface area contributed by atoms with Gasteiger partial charge < -0.3 is 10.6 Å². The van der Waals surface area contributed by atoms with Crippen LogP contribution in [0.4, 0.5) is 11.4 Å². The molecule has 11 heteroatoms. The monoisotopic (exact) mass is 488 g/mol. The zero-order valence-corrected chi connectivity index (χ0v) is 19.3. The summed E-state index contributed by atoms with van der Waals surface area (Å²) in [5, 5.41) is 7.10. The summed E-state index contributed by atoms with van der Waals surface area (Å²) in [5.74, 6) is 0.663. The molecule has 1 aromatic carbocycles. The number of nitrogens with zero attached hydrogens (tertiary/aromatic N) is 2. The first-order valence-corrected chi connectivity index (χ1v) is 13.2. The van der Waals surface area contributed by atoms with Crippen LogP contribution in [0.1, 0.15) is 20.0 Å². The molecule has 3 heterocycles. The average Bonchev–Trinajstić information content (AvgIpc) is 3.32. The van der Waals surface area contributed by atoms with Crippen molar-refractivity contribution in [1.29, 1.82) is 0 Å². The number of hydrogen-bond donors (Lipinski definition) is 2. The molecular weight excluding hydrogens is 468 g/mol. The molecule has 0 bridgehead atoms. The number of anilines is 2. The molecule has 0 aliphatic carbocycles. The maximum absolute atomic E-state index is 13.0. The van der Waals surface area contributed by atoms with Gasteiger partial charge in [-0.25, -0.2) is 8.42 Å². The second-order valence-electron chi connectivity index (χ2n) is 6.86. The van der Waals surface area contributed by atoms with E-state index in [1.54, 1.807) is 53.5 Å². The lowest BCUT2D eigenvalue weighted by atomic mass is 10.2. The largest absolute Gasteiger partial charge is 0.322 e. The summed E-state index contributed by atoms with van der Waals surface area (Å²) in [6.45, 7) is 0.867. The number of rotatable bonds is 6. The molecular formula is C21H20N4O4S3. The van der Waals surface area contributed by atoms with Crippen LogP contribution in [-0.2, 0) is 10.0 Å². The van der Waals surface area contributed by atoms with Gasteiger partial charge in [0.1, 0.15) is 9.77 Å². The van der Waals surface area contributed by atoms with Gasteiger partial charge in [-0.2, -0.15) is 16.1 Å². The van der Waals surface area contributed by atoms with Crippen molar-refractivity contribution in [2.75, 3.05) is 35.2 Å². The Morgan fingerprint density at radius 3 is 2.28 bits per heavy atom. The van der Waals surface area contributed by atoms with Crippen LogP contribution < -0.4 is 10.6 Å². The van der Waals surface area contributed by atoms with Crippen LogP contribution in [0.25, 0.3) is 0 Å².